The van der Waals surface area contributed by atoms with Crippen molar-refractivity contribution < 1.29 is 19.4 Å². The number of rotatable bonds is 8. The van der Waals surface area contributed by atoms with E-state index in [4.69, 9.17) is 14.5 Å². The number of aliphatic carboxylic acids is 1. The van der Waals surface area contributed by atoms with Crippen molar-refractivity contribution in [3.8, 4) is 11.5 Å². The Bertz CT molecular complexity index is 1260. The predicted molar refractivity (Wildman–Crippen MR) is 134 cm³/mol. The highest BCUT2D eigenvalue weighted by molar-refractivity contribution is 5.71. The molecule has 2 aliphatic heterocycles. The molecule has 1 aromatic heterocycles. The quantitative estimate of drug-likeness (QED) is 0.488. The molecule has 35 heavy (non-hydrogen) atoms. The van der Waals surface area contributed by atoms with Gasteiger partial charge in [-0.05, 0) is 71.7 Å². The molecule has 0 spiro atoms. The van der Waals surface area contributed by atoms with Crippen molar-refractivity contribution in [2.24, 2.45) is 0 Å². The summed E-state index contributed by atoms with van der Waals surface area (Å²) in [5.41, 5.74) is 5.38. The number of pyridine rings is 1. The van der Waals surface area contributed by atoms with Crippen LogP contribution in [-0.2, 0) is 29.5 Å². The molecule has 0 radical (unpaired) electrons. The lowest BCUT2D eigenvalue weighted by molar-refractivity contribution is -0.137. The topological polar surface area (TPSA) is 80.7 Å². The Morgan fingerprint density at radius 3 is 2.83 bits per heavy atom. The van der Waals surface area contributed by atoms with E-state index in [9.17, 15) is 9.90 Å². The lowest BCUT2D eigenvalue weighted by Gasteiger charge is -2.18. The third kappa shape index (κ3) is 4.33. The molecule has 0 amide bonds. The van der Waals surface area contributed by atoms with Crippen molar-refractivity contribution in [3.63, 3.8) is 0 Å². The third-order valence-corrected chi connectivity index (χ3v) is 7.67. The predicted octanol–water partition coefficient (Wildman–Crippen LogP) is 4.90. The van der Waals surface area contributed by atoms with E-state index in [-0.39, 0.29) is 17.8 Å². The van der Waals surface area contributed by atoms with Crippen LogP contribution in [0.25, 0.3) is 0 Å². The lowest BCUT2D eigenvalue weighted by Crippen LogP contribution is -2.15. The molecule has 3 aliphatic rings. The van der Waals surface area contributed by atoms with Crippen molar-refractivity contribution in [1.29, 1.82) is 0 Å². The van der Waals surface area contributed by atoms with Gasteiger partial charge in [0, 0.05) is 30.5 Å². The van der Waals surface area contributed by atoms with Crippen LogP contribution in [0, 0.1) is 0 Å². The van der Waals surface area contributed by atoms with Crippen LogP contribution in [0.2, 0.25) is 0 Å². The molecule has 0 saturated heterocycles. The van der Waals surface area contributed by atoms with Crippen LogP contribution >= 0.6 is 0 Å². The van der Waals surface area contributed by atoms with E-state index in [0.29, 0.717) is 13.2 Å². The van der Waals surface area contributed by atoms with E-state index in [1.165, 1.54) is 11.1 Å². The smallest absolute Gasteiger partial charge is 0.304 e. The summed E-state index contributed by atoms with van der Waals surface area (Å²) in [7, 11) is 0. The number of carbonyl (C=O) groups is 1. The first-order chi connectivity index (χ1) is 17.1. The van der Waals surface area contributed by atoms with Crippen LogP contribution in [-0.4, -0.2) is 35.8 Å². The van der Waals surface area contributed by atoms with Crippen LogP contribution in [0.15, 0.2) is 54.6 Å². The van der Waals surface area contributed by atoms with Crippen molar-refractivity contribution in [1.82, 2.24) is 4.98 Å². The number of aryl methyl sites for hydroxylation is 1. The maximum atomic E-state index is 11.7. The van der Waals surface area contributed by atoms with E-state index < -0.39 is 5.97 Å². The Balaban J connectivity index is 1.11. The zero-order chi connectivity index (χ0) is 23.8. The maximum Gasteiger partial charge on any atom is 0.304 e. The minimum Gasteiger partial charge on any atom is -0.493 e. The molecule has 2 N–H and O–H groups in total. The monoisotopic (exact) mass is 470 g/mol. The van der Waals surface area contributed by atoms with E-state index in [0.717, 1.165) is 72.8 Å². The second-order valence-electron chi connectivity index (χ2n) is 9.91. The summed E-state index contributed by atoms with van der Waals surface area (Å²) in [4.78, 5) is 16.5. The summed E-state index contributed by atoms with van der Waals surface area (Å²) in [6.07, 6.45) is 4.88. The SMILES string of the molecule is O=C(O)CC1(c2ccc3c(c2)OCC3)CC1c1ccc(OCCc2ccc3c(n2)NCCC3)cc1. The number of ether oxygens (including phenoxy) is 2. The molecule has 3 heterocycles. The van der Waals surface area contributed by atoms with Gasteiger partial charge in [0.05, 0.1) is 19.6 Å². The first kappa shape index (κ1) is 22.0. The fourth-order valence-electron chi connectivity index (χ4n) is 5.68. The zero-order valence-electron chi connectivity index (χ0n) is 19.8. The number of nitrogens with one attached hydrogen (secondary N) is 1. The van der Waals surface area contributed by atoms with Gasteiger partial charge in [-0.3, -0.25) is 4.79 Å². The summed E-state index contributed by atoms with van der Waals surface area (Å²) in [5, 5.41) is 13.0. The number of nitrogens with zero attached hydrogens (tertiary/aromatic N) is 1. The summed E-state index contributed by atoms with van der Waals surface area (Å²) in [6.45, 7) is 2.25. The molecule has 6 nitrogen and oxygen atoms in total. The van der Waals surface area contributed by atoms with E-state index >= 15 is 0 Å². The average molecular weight is 471 g/mol. The van der Waals surface area contributed by atoms with Crippen LogP contribution in [0.3, 0.4) is 0 Å². The molecule has 1 aliphatic carbocycles. The number of benzene rings is 2. The van der Waals surface area contributed by atoms with Gasteiger partial charge >= 0.3 is 5.97 Å². The van der Waals surface area contributed by atoms with E-state index in [1.54, 1.807) is 0 Å². The van der Waals surface area contributed by atoms with Crippen LogP contribution in [0.4, 0.5) is 5.82 Å². The summed E-state index contributed by atoms with van der Waals surface area (Å²) in [5.74, 6) is 2.16. The zero-order valence-corrected chi connectivity index (χ0v) is 19.8. The molecule has 180 valence electrons. The molecule has 3 aromatic rings. The van der Waals surface area contributed by atoms with E-state index in [1.807, 2.05) is 12.1 Å². The summed E-state index contributed by atoms with van der Waals surface area (Å²) < 4.78 is 11.7. The molecular weight excluding hydrogens is 440 g/mol. The molecular formula is C29H30N2O4. The second kappa shape index (κ2) is 8.91. The van der Waals surface area contributed by atoms with Gasteiger partial charge in [-0.1, -0.05) is 30.3 Å². The maximum absolute atomic E-state index is 11.7. The molecule has 2 unspecified atom stereocenters. The van der Waals surface area contributed by atoms with Crippen molar-refractivity contribution >= 4 is 11.8 Å². The highest BCUT2D eigenvalue weighted by Gasteiger charge is 2.57. The van der Waals surface area contributed by atoms with Gasteiger partial charge in [0.2, 0.25) is 0 Å². The van der Waals surface area contributed by atoms with Crippen molar-refractivity contribution in [2.75, 3.05) is 25.1 Å². The Labute approximate surface area is 205 Å². The molecule has 6 rings (SSSR count). The molecule has 6 heteroatoms. The number of anilines is 1. The number of hydrogen-bond acceptors (Lipinski definition) is 5. The standard InChI is InChI=1S/C29H30N2O4/c32-27(33)18-29(22-7-3-20-11-14-35-26(20)16-22)17-25(29)19-5-9-24(10-6-19)34-15-12-23-8-4-21-2-1-13-30-28(21)31-23/h3-10,16,25H,1-2,11-15,17-18H2,(H,30,31)(H,32,33). The lowest BCUT2D eigenvalue weighted by atomic mass is 9.87. The van der Waals surface area contributed by atoms with Crippen LogP contribution in [0.5, 0.6) is 11.5 Å². The summed E-state index contributed by atoms with van der Waals surface area (Å²) >= 11 is 0. The summed E-state index contributed by atoms with van der Waals surface area (Å²) in [6, 6.07) is 18.7. The first-order valence-electron chi connectivity index (χ1n) is 12.5. The van der Waals surface area contributed by atoms with Gasteiger partial charge in [0.15, 0.2) is 0 Å². The minimum absolute atomic E-state index is 0.122. The molecule has 0 bridgehead atoms. The number of aromatic nitrogens is 1. The van der Waals surface area contributed by atoms with Crippen molar-refractivity contribution in [3.05, 3.63) is 82.5 Å². The Hall–Kier alpha value is -3.54. The van der Waals surface area contributed by atoms with Crippen LogP contribution < -0.4 is 14.8 Å². The largest absolute Gasteiger partial charge is 0.493 e. The van der Waals surface area contributed by atoms with Gasteiger partial charge in [-0.25, -0.2) is 4.98 Å². The normalized spacial score (nSPS) is 21.9. The fourth-order valence-corrected chi connectivity index (χ4v) is 5.68. The Morgan fingerprint density at radius 1 is 1.11 bits per heavy atom. The number of carboxylic acids is 1. The average Bonchev–Trinajstić information content (AvgIpc) is 3.39. The third-order valence-electron chi connectivity index (χ3n) is 7.67. The second-order valence-corrected chi connectivity index (χ2v) is 9.91. The van der Waals surface area contributed by atoms with Gasteiger partial charge < -0.3 is 19.9 Å². The number of fused-ring (bicyclic) bond motifs is 2. The highest BCUT2D eigenvalue weighted by atomic mass is 16.5. The van der Waals surface area contributed by atoms with Gasteiger partial charge in [-0.2, -0.15) is 0 Å². The molecule has 1 fully saturated rings. The van der Waals surface area contributed by atoms with Gasteiger partial charge in [0.1, 0.15) is 17.3 Å². The fraction of sp³-hybridized carbons (Fsp3) is 0.379. The van der Waals surface area contributed by atoms with Crippen LogP contribution in [0.1, 0.15) is 53.1 Å². The molecule has 2 aromatic carbocycles. The molecule has 2 atom stereocenters. The van der Waals surface area contributed by atoms with Gasteiger partial charge in [-0.15, -0.1) is 0 Å². The van der Waals surface area contributed by atoms with Crippen molar-refractivity contribution in [2.45, 2.75) is 49.9 Å². The number of hydrogen-bond donors (Lipinski definition) is 2. The van der Waals surface area contributed by atoms with Gasteiger partial charge in [0.25, 0.3) is 0 Å². The minimum atomic E-state index is -0.764. The van der Waals surface area contributed by atoms with E-state index in [2.05, 4.69) is 47.8 Å². The Kier molecular flexibility index (Phi) is 5.59. The first-order valence-corrected chi connectivity index (χ1v) is 12.5. The molecule has 1 saturated carbocycles. The highest BCUT2D eigenvalue weighted by Crippen LogP contribution is 2.63. The Morgan fingerprint density at radius 2 is 1.97 bits per heavy atom. The number of carboxylic acid groups (broad SMARTS) is 1.